The predicted molar refractivity (Wildman–Crippen MR) is 155 cm³/mol. The highest BCUT2D eigenvalue weighted by atomic mass is 32.1. The summed E-state index contributed by atoms with van der Waals surface area (Å²) in [6, 6.07) is 2.56. The first kappa shape index (κ1) is 29.7. The van der Waals surface area contributed by atoms with E-state index in [1.807, 2.05) is 31.2 Å². The summed E-state index contributed by atoms with van der Waals surface area (Å²) in [6.07, 6.45) is 9.11. The van der Waals surface area contributed by atoms with Crippen LogP contribution in [-0.2, 0) is 30.2 Å². The molecule has 3 aromatic rings. The number of benzene rings is 1. The second-order valence-electron chi connectivity index (χ2n) is 9.55. The third-order valence-electron chi connectivity index (χ3n) is 6.86. The fourth-order valence-electron chi connectivity index (χ4n) is 4.67. The van der Waals surface area contributed by atoms with Crippen LogP contribution in [0.5, 0.6) is 0 Å². The molecule has 4 amide bonds. The lowest BCUT2D eigenvalue weighted by atomic mass is 10.0. The normalized spacial score (nSPS) is 17.3. The fraction of sp³-hybridized carbons (Fsp3) is 0.310. The molecule has 0 saturated carbocycles. The Bertz CT molecular complexity index is 1610. The van der Waals surface area contributed by atoms with E-state index >= 15 is 0 Å². The van der Waals surface area contributed by atoms with E-state index in [-0.39, 0.29) is 23.4 Å². The van der Waals surface area contributed by atoms with Crippen LogP contribution in [0.1, 0.15) is 29.4 Å². The summed E-state index contributed by atoms with van der Waals surface area (Å²) in [4.78, 5) is 60.5. The number of fused-ring (bicyclic) bond motifs is 2. The van der Waals surface area contributed by atoms with E-state index in [2.05, 4.69) is 25.3 Å². The van der Waals surface area contributed by atoms with Crippen molar-refractivity contribution in [1.29, 1.82) is 0 Å². The van der Waals surface area contributed by atoms with Gasteiger partial charge in [-0.05, 0) is 41.8 Å². The van der Waals surface area contributed by atoms with Gasteiger partial charge in [-0.2, -0.15) is 0 Å². The largest absolute Gasteiger partial charge is 0.492 e. The number of hydrogen-bond donors (Lipinski definition) is 2. The highest BCUT2D eigenvalue weighted by molar-refractivity contribution is 7.14. The summed E-state index contributed by atoms with van der Waals surface area (Å²) < 4.78 is 21.5. The summed E-state index contributed by atoms with van der Waals surface area (Å²) >= 11 is 1.00. The number of imide groups is 1. The Kier molecular flexibility index (Phi) is 9.27. The van der Waals surface area contributed by atoms with E-state index in [1.165, 1.54) is 18.9 Å². The lowest BCUT2D eigenvalue weighted by Gasteiger charge is -2.29. The van der Waals surface area contributed by atoms with Crippen LogP contribution < -0.4 is 10.6 Å². The number of rotatable bonds is 10. The minimum Gasteiger partial charge on any atom is -0.492 e. The molecule has 1 aliphatic carbocycles. The van der Waals surface area contributed by atoms with Gasteiger partial charge in [0.2, 0.25) is 12.3 Å². The van der Waals surface area contributed by atoms with Gasteiger partial charge in [0.25, 0.3) is 0 Å². The molecule has 1 aromatic carbocycles. The highest BCUT2D eigenvalue weighted by Crippen LogP contribution is 2.24. The van der Waals surface area contributed by atoms with Crippen molar-refractivity contribution in [3.8, 4) is 0 Å². The molecule has 3 heterocycles. The Balaban J connectivity index is 1.39. The third kappa shape index (κ3) is 6.81. The summed E-state index contributed by atoms with van der Waals surface area (Å²) in [5, 5.41) is 7.03. The van der Waals surface area contributed by atoms with Gasteiger partial charge < -0.3 is 29.3 Å². The average molecular weight is 608 g/mol. The Morgan fingerprint density at radius 3 is 2.93 bits per heavy atom. The topological polar surface area (TPSA) is 162 Å². The van der Waals surface area contributed by atoms with Gasteiger partial charge in [0.1, 0.15) is 30.0 Å². The van der Waals surface area contributed by atoms with Crippen molar-refractivity contribution in [2.45, 2.75) is 38.0 Å². The van der Waals surface area contributed by atoms with Gasteiger partial charge in [-0.25, -0.2) is 19.6 Å². The summed E-state index contributed by atoms with van der Waals surface area (Å²) in [6.45, 7) is 2.78. The van der Waals surface area contributed by atoms with Crippen molar-refractivity contribution in [1.82, 2.24) is 20.2 Å². The number of carbonyl (C=O) groups is 4. The zero-order chi connectivity index (χ0) is 30.3. The Labute approximate surface area is 250 Å². The van der Waals surface area contributed by atoms with Crippen LogP contribution in [0, 0.1) is 0 Å². The number of oxazole rings is 1. The Hall–Kier alpha value is -4.82. The Morgan fingerprint density at radius 2 is 2.14 bits per heavy atom. The number of esters is 1. The van der Waals surface area contributed by atoms with E-state index in [0.717, 1.165) is 21.8 Å². The highest BCUT2D eigenvalue weighted by Gasteiger charge is 2.33. The first-order chi connectivity index (χ1) is 20.9. The Morgan fingerprint density at radius 1 is 1.28 bits per heavy atom. The predicted octanol–water partition coefficient (Wildman–Crippen LogP) is 3.36. The van der Waals surface area contributed by atoms with Crippen LogP contribution in [0.25, 0.3) is 11.1 Å². The first-order valence-electron chi connectivity index (χ1n) is 13.5. The van der Waals surface area contributed by atoms with E-state index in [9.17, 15) is 19.2 Å². The van der Waals surface area contributed by atoms with Crippen LogP contribution in [0.4, 0.5) is 9.93 Å². The molecule has 224 valence electrons. The first-order valence-corrected chi connectivity index (χ1v) is 14.3. The molecule has 13 nitrogen and oxygen atoms in total. The molecule has 0 bridgehead atoms. The third-order valence-corrected chi connectivity index (χ3v) is 7.62. The lowest BCUT2D eigenvalue weighted by Crippen LogP contribution is -2.53. The maximum Gasteiger partial charge on any atom is 0.357 e. The minimum absolute atomic E-state index is 0.0148. The van der Waals surface area contributed by atoms with Crippen molar-refractivity contribution in [3.05, 3.63) is 76.9 Å². The SMILES string of the molecule is CCC(NC(=O)N(C=O)C(Cc1ccc2ocnc2c1)C(=O)Nc1nc(C(=O)OC)cs1)C1=CC=CC2OCCOC2=C1. The number of allylic oxidation sites excluding steroid dienone is 2. The van der Waals surface area contributed by atoms with E-state index < -0.39 is 30.0 Å². The molecule has 0 radical (unpaired) electrons. The molecular formula is C29H29N5O8S. The molecule has 1 fully saturated rings. The van der Waals surface area contributed by atoms with Gasteiger partial charge in [0.05, 0.1) is 19.8 Å². The summed E-state index contributed by atoms with van der Waals surface area (Å²) in [5.74, 6) is -0.722. The van der Waals surface area contributed by atoms with Crippen molar-refractivity contribution in [2.75, 3.05) is 25.6 Å². The molecular weight excluding hydrogens is 578 g/mol. The average Bonchev–Trinajstić information content (AvgIpc) is 3.63. The second-order valence-corrected chi connectivity index (χ2v) is 10.4. The van der Waals surface area contributed by atoms with Crippen molar-refractivity contribution < 1.29 is 37.8 Å². The quantitative estimate of drug-likeness (QED) is 0.258. The summed E-state index contributed by atoms with van der Waals surface area (Å²) in [5.41, 5.74) is 2.50. The molecule has 2 aliphatic rings. The smallest absolute Gasteiger partial charge is 0.357 e. The number of carbonyl (C=O) groups excluding carboxylic acids is 4. The van der Waals surface area contributed by atoms with E-state index in [0.29, 0.717) is 48.5 Å². The van der Waals surface area contributed by atoms with Gasteiger partial charge in [-0.3, -0.25) is 14.5 Å². The maximum atomic E-state index is 13.6. The van der Waals surface area contributed by atoms with Crippen LogP contribution in [-0.4, -0.2) is 77.7 Å². The zero-order valence-corrected chi connectivity index (χ0v) is 24.2. The standard InChI is InChI=1S/C29H29N5O8S/c1-3-19(18-5-4-6-24-25(13-18)41-10-9-40-24)32-29(38)34(16-35)22(12-17-7-8-23-20(11-17)30-15-42-23)26(36)33-28-31-21(14-43-28)27(37)39-2/h4-8,11,13-16,19,22,24H,3,9-10,12H2,1-2H3,(H,32,38)(H,31,33,36). The van der Waals surface area contributed by atoms with E-state index in [1.54, 1.807) is 18.2 Å². The molecule has 1 saturated heterocycles. The number of nitrogens with one attached hydrogen (secondary N) is 2. The van der Waals surface area contributed by atoms with Crippen molar-refractivity contribution >= 4 is 51.9 Å². The second kappa shape index (κ2) is 13.4. The summed E-state index contributed by atoms with van der Waals surface area (Å²) in [7, 11) is 1.22. The van der Waals surface area contributed by atoms with Crippen molar-refractivity contribution in [3.63, 3.8) is 0 Å². The monoisotopic (exact) mass is 607 g/mol. The fourth-order valence-corrected chi connectivity index (χ4v) is 5.35. The van der Waals surface area contributed by atoms with Gasteiger partial charge in [0, 0.05) is 11.8 Å². The molecule has 2 N–H and O–H groups in total. The van der Waals surface area contributed by atoms with Crippen LogP contribution >= 0.6 is 11.3 Å². The van der Waals surface area contributed by atoms with E-state index in [4.69, 9.17) is 13.9 Å². The number of methoxy groups -OCH3 is 1. The van der Waals surface area contributed by atoms with Gasteiger partial charge >= 0.3 is 12.0 Å². The van der Waals surface area contributed by atoms with Gasteiger partial charge in [-0.15, -0.1) is 11.3 Å². The molecule has 2 aromatic heterocycles. The number of anilines is 1. The zero-order valence-electron chi connectivity index (χ0n) is 23.3. The van der Waals surface area contributed by atoms with Crippen LogP contribution in [0.15, 0.2) is 70.0 Å². The maximum absolute atomic E-state index is 13.6. The van der Waals surface area contributed by atoms with Gasteiger partial charge in [0.15, 0.2) is 22.8 Å². The lowest BCUT2D eigenvalue weighted by molar-refractivity contribution is -0.127. The number of ether oxygens (including phenoxy) is 3. The molecule has 3 unspecified atom stereocenters. The van der Waals surface area contributed by atoms with Crippen molar-refractivity contribution in [2.24, 2.45) is 0 Å². The molecule has 0 spiro atoms. The number of thiazole rings is 1. The number of amides is 4. The number of urea groups is 1. The molecule has 3 atom stereocenters. The molecule has 5 rings (SSSR count). The van der Waals surface area contributed by atoms with Gasteiger partial charge in [-0.1, -0.05) is 25.1 Å². The number of hydrogen-bond acceptors (Lipinski definition) is 11. The number of nitrogens with zero attached hydrogens (tertiary/aromatic N) is 3. The van der Waals surface area contributed by atoms with Crippen LogP contribution in [0.3, 0.4) is 0 Å². The minimum atomic E-state index is -1.29. The van der Waals surface area contributed by atoms with Crippen LogP contribution in [0.2, 0.25) is 0 Å². The molecule has 43 heavy (non-hydrogen) atoms. The number of aromatic nitrogens is 2. The molecule has 14 heteroatoms. The molecule has 1 aliphatic heterocycles.